The summed E-state index contributed by atoms with van der Waals surface area (Å²) >= 11 is 0. The number of carbonyl (C=O) groups is 1. The van der Waals surface area contributed by atoms with Crippen LogP contribution >= 0.6 is 0 Å². The SMILES string of the molecule is Cn1nccc1C(=O)NC(=N)C1CC1. The number of nitrogens with zero attached hydrogens (tertiary/aromatic N) is 2. The summed E-state index contributed by atoms with van der Waals surface area (Å²) in [5.74, 6) is 0.352. The van der Waals surface area contributed by atoms with Gasteiger partial charge in [-0.25, -0.2) is 0 Å². The van der Waals surface area contributed by atoms with Crippen LogP contribution in [0, 0.1) is 11.3 Å². The van der Waals surface area contributed by atoms with Gasteiger partial charge in [0.1, 0.15) is 11.5 Å². The number of rotatable bonds is 2. The smallest absolute Gasteiger partial charge is 0.274 e. The van der Waals surface area contributed by atoms with Crippen LogP contribution in [0.2, 0.25) is 0 Å². The van der Waals surface area contributed by atoms with Gasteiger partial charge >= 0.3 is 0 Å². The molecule has 2 rings (SSSR count). The van der Waals surface area contributed by atoms with Crippen molar-refractivity contribution in [1.29, 1.82) is 5.41 Å². The lowest BCUT2D eigenvalue weighted by Gasteiger charge is -2.04. The lowest BCUT2D eigenvalue weighted by atomic mass is 10.3. The Bertz CT molecular complexity index is 378. The topological polar surface area (TPSA) is 70.8 Å². The van der Waals surface area contributed by atoms with E-state index < -0.39 is 0 Å². The monoisotopic (exact) mass is 192 g/mol. The maximum Gasteiger partial charge on any atom is 0.274 e. The largest absolute Gasteiger partial charge is 0.309 e. The average molecular weight is 192 g/mol. The predicted molar refractivity (Wildman–Crippen MR) is 51.1 cm³/mol. The van der Waals surface area contributed by atoms with Crippen LogP contribution in [-0.4, -0.2) is 21.5 Å². The van der Waals surface area contributed by atoms with E-state index in [1.807, 2.05) is 0 Å². The molecule has 0 unspecified atom stereocenters. The fourth-order valence-corrected chi connectivity index (χ4v) is 1.26. The highest BCUT2D eigenvalue weighted by molar-refractivity contribution is 6.05. The van der Waals surface area contributed by atoms with Gasteiger partial charge < -0.3 is 5.32 Å². The van der Waals surface area contributed by atoms with Crippen LogP contribution in [0.25, 0.3) is 0 Å². The lowest BCUT2D eigenvalue weighted by molar-refractivity contribution is 0.0966. The molecule has 1 heterocycles. The number of amidine groups is 1. The average Bonchev–Trinajstić information content (AvgIpc) is 2.89. The molecular weight excluding hydrogens is 180 g/mol. The first kappa shape index (κ1) is 8.93. The van der Waals surface area contributed by atoms with E-state index in [0.717, 1.165) is 12.8 Å². The van der Waals surface area contributed by atoms with Crippen molar-refractivity contribution in [2.45, 2.75) is 12.8 Å². The van der Waals surface area contributed by atoms with Gasteiger partial charge in [0.05, 0.1) is 0 Å². The van der Waals surface area contributed by atoms with Gasteiger partial charge in [0.15, 0.2) is 0 Å². The van der Waals surface area contributed by atoms with Crippen LogP contribution in [0.1, 0.15) is 23.3 Å². The van der Waals surface area contributed by atoms with Crippen LogP contribution < -0.4 is 5.32 Å². The van der Waals surface area contributed by atoms with Crippen LogP contribution in [0.3, 0.4) is 0 Å². The number of aromatic nitrogens is 2. The molecule has 5 heteroatoms. The minimum absolute atomic E-state index is 0.248. The molecular formula is C9H12N4O. The maximum atomic E-state index is 11.6. The molecule has 1 saturated carbocycles. The molecule has 1 amide bonds. The normalized spacial score (nSPS) is 15.2. The second kappa shape index (κ2) is 3.25. The number of aryl methyl sites for hydroxylation is 1. The molecule has 1 aliphatic rings. The second-order valence-electron chi connectivity index (χ2n) is 3.48. The Morgan fingerprint density at radius 3 is 2.93 bits per heavy atom. The first-order chi connectivity index (χ1) is 6.68. The van der Waals surface area contributed by atoms with E-state index in [1.54, 1.807) is 19.3 Å². The van der Waals surface area contributed by atoms with Crippen LogP contribution in [0.5, 0.6) is 0 Å². The van der Waals surface area contributed by atoms with E-state index in [9.17, 15) is 4.79 Å². The molecule has 74 valence electrons. The summed E-state index contributed by atoms with van der Waals surface area (Å²) in [4.78, 5) is 11.6. The van der Waals surface area contributed by atoms with Crippen LogP contribution in [-0.2, 0) is 7.05 Å². The van der Waals surface area contributed by atoms with Crippen LogP contribution in [0.15, 0.2) is 12.3 Å². The molecule has 0 bridgehead atoms. The van der Waals surface area contributed by atoms with Crippen molar-refractivity contribution in [3.05, 3.63) is 18.0 Å². The molecule has 0 spiro atoms. The Labute approximate surface area is 81.6 Å². The molecule has 0 aliphatic heterocycles. The molecule has 0 saturated heterocycles. The van der Waals surface area contributed by atoms with Crippen molar-refractivity contribution in [3.8, 4) is 0 Å². The summed E-state index contributed by atoms with van der Waals surface area (Å²) in [5, 5.41) is 14.0. The van der Waals surface area contributed by atoms with Gasteiger partial charge in [0.25, 0.3) is 5.91 Å². The second-order valence-corrected chi connectivity index (χ2v) is 3.48. The molecule has 1 fully saturated rings. The summed E-state index contributed by atoms with van der Waals surface area (Å²) in [6.07, 6.45) is 3.60. The third-order valence-corrected chi connectivity index (χ3v) is 2.29. The number of carbonyl (C=O) groups excluding carboxylic acids is 1. The van der Waals surface area contributed by atoms with Gasteiger partial charge in [-0.3, -0.25) is 14.9 Å². The zero-order valence-corrected chi connectivity index (χ0v) is 7.95. The fourth-order valence-electron chi connectivity index (χ4n) is 1.26. The van der Waals surface area contributed by atoms with E-state index >= 15 is 0 Å². The molecule has 2 N–H and O–H groups in total. The van der Waals surface area contributed by atoms with Gasteiger partial charge in [-0.15, -0.1) is 0 Å². The molecule has 1 aliphatic carbocycles. The van der Waals surface area contributed by atoms with E-state index in [-0.39, 0.29) is 11.8 Å². The third-order valence-electron chi connectivity index (χ3n) is 2.29. The Morgan fingerprint density at radius 2 is 2.43 bits per heavy atom. The number of amides is 1. The Morgan fingerprint density at radius 1 is 1.71 bits per heavy atom. The minimum Gasteiger partial charge on any atom is -0.309 e. The van der Waals surface area contributed by atoms with E-state index in [0.29, 0.717) is 11.5 Å². The van der Waals surface area contributed by atoms with Crippen LogP contribution in [0.4, 0.5) is 0 Å². The van der Waals surface area contributed by atoms with Crippen molar-refractivity contribution >= 4 is 11.7 Å². The molecule has 0 radical (unpaired) electrons. The zero-order valence-electron chi connectivity index (χ0n) is 7.95. The first-order valence-corrected chi connectivity index (χ1v) is 4.56. The molecule has 14 heavy (non-hydrogen) atoms. The highest BCUT2D eigenvalue weighted by atomic mass is 16.2. The van der Waals surface area contributed by atoms with Crippen molar-refractivity contribution in [2.75, 3.05) is 0 Å². The summed E-state index contributed by atoms with van der Waals surface area (Å²) in [6, 6.07) is 1.63. The minimum atomic E-state index is -0.248. The molecule has 5 nitrogen and oxygen atoms in total. The summed E-state index contributed by atoms with van der Waals surface area (Å²) < 4.78 is 1.50. The lowest BCUT2D eigenvalue weighted by Crippen LogP contribution is -2.32. The van der Waals surface area contributed by atoms with Gasteiger partial charge in [-0.05, 0) is 18.9 Å². The maximum absolute atomic E-state index is 11.6. The summed E-state index contributed by atoms with van der Waals surface area (Å²) in [5.41, 5.74) is 0.482. The van der Waals surface area contributed by atoms with Crippen molar-refractivity contribution < 1.29 is 4.79 Å². The number of hydrogen-bond donors (Lipinski definition) is 2. The number of nitrogens with one attached hydrogen (secondary N) is 2. The Hall–Kier alpha value is -1.65. The highest BCUT2D eigenvalue weighted by Crippen LogP contribution is 2.28. The standard InChI is InChI=1S/C9H12N4O/c1-13-7(4-5-11-13)9(14)12-8(10)6-2-3-6/h4-6H,2-3H2,1H3,(H2,10,12,14). The number of hydrogen-bond acceptors (Lipinski definition) is 3. The summed E-state index contributed by atoms with van der Waals surface area (Å²) in [7, 11) is 1.70. The van der Waals surface area contributed by atoms with Gasteiger partial charge in [-0.2, -0.15) is 5.10 Å². The molecule has 1 aromatic heterocycles. The molecule has 0 atom stereocenters. The quantitative estimate of drug-likeness (QED) is 0.530. The summed E-state index contributed by atoms with van der Waals surface area (Å²) in [6.45, 7) is 0. The predicted octanol–water partition coefficient (Wildman–Crippen LogP) is 0.537. The highest BCUT2D eigenvalue weighted by Gasteiger charge is 2.28. The first-order valence-electron chi connectivity index (χ1n) is 4.56. The zero-order chi connectivity index (χ0) is 10.1. The molecule has 0 aromatic carbocycles. The molecule has 1 aromatic rings. The Balaban J connectivity index is 2.02. The van der Waals surface area contributed by atoms with Gasteiger partial charge in [0.2, 0.25) is 0 Å². The van der Waals surface area contributed by atoms with Crippen molar-refractivity contribution in [2.24, 2.45) is 13.0 Å². The van der Waals surface area contributed by atoms with Gasteiger partial charge in [0, 0.05) is 19.2 Å². The van der Waals surface area contributed by atoms with Crippen molar-refractivity contribution in [3.63, 3.8) is 0 Å². The fraction of sp³-hybridized carbons (Fsp3) is 0.444. The van der Waals surface area contributed by atoms with Gasteiger partial charge in [-0.1, -0.05) is 0 Å². The van der Waals surface area contributed by atoms with Crippen molar-refractivity contribution in [1.82, 2.24) is 15.1 Å². The third kappa shape index (κ3) is 1.66. The van der Waals surface area contributed by atoms with E-state index in [2.05, 4.69) is 10.4 Å². The van der Waals surface area contributed by atoms with E-state index in [4.69, 9.17) is 5.41 Å². The van der Waals surface area contributed by atoms with E-state index in [1.165, 1.54) is 4.68 Å². The Kier molecular flexibility index (Phi) is 2.07.